The molecule has 0 aliphatic carbocycles. The smallest absolute Gasteiger partial charge is 0.220 e. The van der Waals surface area contributed by atoms with E-state index in [9.17, 15) is 4.39 Å². The van der Waals surface area contributed by atoms with E-state index >= 15 is 0 Å². The van der Waals surface area contributed by atoms with Crippen LogP contribution < -0.4 is 5.73 Å². The Morgan fingerprint density at radius 1 is 1.12 bits per heavy atom. The Morgan fingerprint density at radius 3 is 2.29 bits per heavy atom. The van der Waals surface area contributed by atoms with Crippen molar-refractivity contribution in [3.8, 4) is 11.3 Å². The van der Waals surface area contributed by atoms with Crippen molar-refractivity contribution < 1.29 is 4.39 Å². The minimum atomic E-state index is -0.450. The first-order chi connectivity index (χ1) is 7.99. The number of nitrogen functional groups attached to an aromatic ring is 1. The molecule has 0 saturated carbocycles. The van der Waals surface area contributed by atoms with E-state index in [1.807, 2.05) is 32.9 Å². The number of halogens is 1. The molecule has 17 heavy (non-hydrogen) atoms. The summed E-state index contributed by atoms with van der Waals surface area (Å²) >= 11 is 0. The van der Waals surface area contributed by atoms with E-state index in [1.165, 1.54) is 0 Å². The van der Waals surface area contributed by atoms with Crippen LogP contribution in [-0.4, -0.2) is 9.97 Å². The van der Waals surface area contributed by atoms with Crippen LogP contribution in [0.2, 0.25) is 0 Å². The summed E-state index contributed by atoms with van der Waals surface area (Å²) in [5.74, 6) is -0.366. The lowest BCUT2D eigenvalue weighted by atomic mass is 9.97. The second-order valence-electron chi connectivity index (χ2n) is 4.20. The van der Waals surface area contributed by atoms with Gasteiger partial charge in [-0.05, 0) is 31.9 Å². The highest BCUT2D eigenvalue weighted by atomic mass is 19.1. The number of hydrogen-bond acceptors (Lipinski definition) is 3. The summed E-state index contributed by atoms with van der Waals surface area (Å²) in [7, 11) is 0. The summed E-state index contributed by atoms with van der Waals surface area (Å²) in [6.07, 6.45) is 1.11. The molecule has 0 atom stereocenters. The molecule has 0 unspecified atom stereocenters. The van der Waals surface area contributed by atoms with E-state index < -0.39 is 5.82 Å². The van der Waals surface area contributed by atoms with Gasteiger partial charge in [0.25, 0.3) is 0 Å². The summed E-state index contributed by atoms with van der Waals surface area (Å²) in [5.41, 5.74) is 9.69. The summed E-state index contributed by atoms with van der Waals surface area (Å²) in [6, 6.07) is 4.00. The fraction of sp³-hybridized carbons (Fsp3) is 0.231. The van der Waals surface area contributed by atoms with Gasteiger partial charge in [0.15, 0.2) is 5.82 Å². The van der Waals surface area contributed by atoms with Gasteiger partial charge in [0.2, 0.25) is 5.95 Å². The first kappa shape index (κ1) is 11.5. The second kappa shape index (κ2) is 4.13. The molecule has 0 radical (unpaired) electrons. The number of aryl methyl sites for hydroxylation is 3. The number of anilines is 1. The normalized spacial score (nSPS) is 10.6. The standard InChI is InChI=1S/C13H14FN3/c1-7-4-8(2)11(9(3)5-7)12-10(14)6-16-13(15)17-12/h4-6H,1-3H3,(H2,15,16,17). The number of benzene rings is 1. The van der Waals surface area contributed by atoms with Crippen LogP contribution in [0.5, 0.6) is 0 Å². The minimum Gasteiger partial charge on any atom is -0.368 e. The van der Waals surface area contributed by atoms with Gasteiger partial charge < -0.3 is 5.73 Å². The molecule has 1 heterocycles. The van der Waals surface area contributed by atoms with Crippen molar-refractivity contribution in [3.63, 3.8) is 0 Å². The van der Waals surface area contributed by atoms with E-state index in [1.54, 1.807) is 0 Å². The van der Waals surface area contributed by atoms with Crippen LogP contribution in [0.1, 0.15) is 16.7 Å². The molecule has 0 amide bonds. The lowest BCUT2D eigenvalue weighted by molar-refractivity contribution is 0.618. The largest absolute Gasteiger partial charge is 0.368 e. The van der Waals surface area contributed by atoms with Crippen molar-refractivity contribution in [2.24, 2.45) is 0 Å². The number of nitrogens with zero attached hydrogens (tertiary/aromatic N) is 2. The van der Waals surface area contributed by atoms with Gasteiger partial charge in [-0.1, -0.05) is 17.7 Å². The molecule has 2 N–H and O–H groups in total. The van der Waals surface area contributed by atoms with Gasteiger partial charge in [-0.25, -0.2) is 14.4 Å². The van der Waals surface area contributed by atoms with Crippen LogP contribution in [0.25, 0.3) is 11.3 Å². The molecule has 4 heteroatoms. The van der Waals surface area contributed by atoms with Crippen LogP contribution >= 0.6 is 0 Å². The van der Waals surface area contributed by atoms with Crippen LogP contribution in [0.4, 0.5) is 10.3 Å². The summed E-state index contributed by atoms with van der Waals surface area (Å²) in [6.45, 7) is 5.88. The van der Waals surface area contributed by atoms with Crippen molar-refractivity contribution in [2.45, 2.75) is 20.8 Å². The Labute approximate surface area is 99.5 Å². The summed E-state index contributed by atoms with van der Waals surface area (Å²) < 4.78 is 13.7. The van der Waals surface area contributed by atoms with E-state index in [0.29, 0.717) is 0 Å². The van der Waals surface area contributed by atoms with Crippen LogP contribution in [0.3, 0.4) is 0 Å². The molecular formula is C13H14FN3. The molecule has 3 nitrogen and oxygen atoms in total. The van der Waals surface area contributed by atoms with Gasteiger partial charge >= 0.3 is 0 Å². The molecule has 0 spiro atoms. The van der Waals surface area contributed by atoms with Gasteiger partial charge in [0.1, 0.15) is 5.69 Å². The minimum absolute atomic E-state index is 0.0841. The lowest BCUT2D eigenvalue weighted by Crippen LogP contribution is -2.01. The number of aromatic nitrogens is 2. The molecular weight excluding hydrogens is 217 g/mol. The van der Waals surface area contributed by atoms with E-state index in [4.69, 9.17) is 5.73 Å². The van der Waals surface area contributed by atoms with Gasteiger partial charge in [-0.2, -0.15) is 0 Å². The summed E-state index contributed by atoms with van der Waals surface area (Å²) in [4.78, 5) is 7.62. The number of hydrogen-bond donors (Lipinski definition) is 1. The molecule has 2 aromatic rings. The fourth-order valence-electron chi connectivity index (χ4n) is 2.11. The van der Waals surface area contributed by atoms with Crippen molar-refractivity contribution >= 4 is 5.95 Å². The number of nitrogens with two attached hydrogens (primary N) is 1. The maximum Gasteiger partial charge on any atom is 0.220 e. The molecule has 0 saturated heterocycles. The van der Waals surface area contributed by atoms with Gasteiger partial charge in [0.05, 0.1) is 6.20 Å². The monoisotopic (exact) mass is 231 g/mol. The van der Waals surface area contributed by atoms with E-state index in [2.05, 4.69) is 9.97 Å². The maximum absolute atomic E-state index is 13.7. The fourth-order valence-corrected chi connectivity index (χ4v) is 2.11. The van der Waals surface area contributed by atoms with Crippen LogP contribution in [-0.2, 0) is 0 Å². The molecule has 0 aliphatic rings. The Balaban J connectivity index is 2.72. The Kier molecular flexibility index (Phi) is 2.79. The van der Waals surface area contributed by atoms with E-state index in [-0.39, 0.29) is 11.6 Å². The van der Waals surface area contributed by atoms with Crippen LogP contribution in [0.15, 0.2) is 18.3 Å². The Bertz CT molecular complexity index is 556. The first-order valence-corrected chi connectivity index (χ1v) is 5.35. The second-order valence-corrected chi connectivity index (χ2v) is 4.20. The highest BCUT2D eigenvalue weighted by molar-refractivity contribution is 5.69. The zero-order valence-corrected chi connectivity index (χ0v) is 10.1. The lowest BCUT2D eigenvalue weighted by Gasteiger charge is -2.11. The molecule has 0 bridgehead atoms. The molecule has 1 aromatic carbocycles. The van der Waals surface area contributed by atoms with Gasteiger partial charge in [-0.3, -0.25) is 0 Å². The van der Waals surface area contributed by atoms with E-state index in [0.717, 1.165) is 28.5 Å². The highest BCUT2D eigenvalue weighted by Crippen LogP contribution is 2.28. The third kappa shape index (κ3) is 2.11. The third-order valence-corrected chi connectivity index (χ3v) is 2.68. The first-order valence-electron chi connectivity index (χ1n) is 5.35. The number of rotatable bonds is 1. The molecule has 0 aliphatic heterocycles. The quantitative estimate of drug-likeness (QED) is 0.821. The van der Waals surface area contributed by atoms with Crippen LogP contribution in [0, 0.1) is 26.6 Å². The zero-order chi connectivity index (χ0) is 12.6. The molecule has 2 rings (SSSR count). The molecule has 0 fully saturated rings. The predicted molar refractivity (Wildman–Crippen MR) is 66.0 cm³/mol. The SMILES string of the molecule is Cc1cc(C)c(-c2nc(N)ncc2F)c(C)c1. The van der Waals surface area contributed by atoms with Gasteiger partial charge in [-0.15, -0.1) is 0 Å². The maximum atomic E-state index is 13.7. The van der Waals surface area contributed by atoms with Crippen molar-refractivity contribution in [3.05, 3.63) is 40.8 Å². The Morgan fingerprint density at radius 2 is 1.71 bits per heavy atom. The van der Waals surface area contributed by atoms with Gasteiger partial charge in [0, 0.05) is 5.56 Å². The van der Waals surface area contributed by atoms with Crippen molar-refractivity contribution in [1.82, 2.24) is 9.97 Å². The topological polar surface area (TPSA) is 51.8 Å². The third-order valence-electron chi connectivity index (χ3n) is 2.68. The average Bonchev–Trinajstić information content (AvgIpc) is 2.21. The summed E-state index contributed by atoms with van der Waals surface area (Å²) in [5, 5.41) is 0. The van der Waals surface area contributed by atoms with Crippen molar-refractivity contribution in [2.75, 3.05) is 5.73 Å². The highest BCUT2D eigenvalue weighted by Gasteiger charge is 2.13. The predicted octanol–water partition coefficient (Wildman–Crippen LogP) is 2.79. The average molecular weight is 231 g/mol. The molecule has 88 valence electrons. The van der Waals surface area contributed by atoms with Crippen molar-refractivity contribution in [1.29, 1.82) is 0 Å². The Hall–Kier alpha value is -1.97. The zero-order valence-electron chi connectivity index (χ0n) is 10.1. The molecule has 1 aromatic heterocycles.